The minimum absolute atomic E-state index is 0.0217. The second-order valence-corrected chi connectivity index (χ2v) is 7.94. The van der Waals surface area contributed by atoms with Gasteiger partial charge in [0.1, 0.15) is 0 Å². The molecule has 9 nitrogen and oxygen atoms in total. The van der Waals surface area contributed by atoms with E-state index in [1.165, 1.54) is 0 Å². The van der Waals surface area contributed by atoms with Crippen LogP contribution in [0.4, 0.5) is 0 Å². The number of amides is 1. The van der Waals surface area contributed by atoms with E-state index in [1.807, 2.05) is 13.0 Å². The zero-order chi connectivity index (χ0) is 19.0. The van der Waals surface area contributed by atoms with Gasteiger partial charge in [-0.15, -0.1) is 5.10 Å². The normalized spacial score (nSPS) is 28.6. The lowest BCUT2D eigenvalue weighted by molar-refractivity contribution is 0.0758. The average molecular weight is 373 g/mol. The van der Waals surface area contributed by atoms with Crippen LogP contribution in [-0.2, 0) is 6.42 Å². The van der Waals surface area contributed by atoms with Crippen molar-refractivity contribution < 1.29 is 9.90 Å². The minimum Gasteiger partial charge on any atom is -0.391 e. The monoisotopic (exact) mass is 373 g/mol. The second kappa shape index (κ2) is 7.40. The van der Waals surface area contributed by atoms with E-state index in [1.54, 1.807) is 15.8 Å². The number of likely N-dealkylation sites (tertiary alicyclic amines) is 1. The summed E-state index contributed by atoms with van der Waals surface area (Å²) in [4.78, 5) is 14.5. The number of β-amino-alcohol motifs (C(OH)–C–C–N with tert-alkyl or cyclic N) is 1. The van der Waals surface area contributed by atoms with Crippen LogP contribution < -0.4 is 5.73 Å². The van der Waals surface area contributed by atoms with Gasteiger partial charge in [-0.25, -0.2) is 4.68 Å². The summed E-state index contributed by atoms with van der Waals surface area (Å²) in [7, 11) is 0. The van der Waals surface area contributed by atoms with Gasteiger partial charge in [0.15, 0.2) is 5.69 Å². The van der Waals surface area contributed by atoms with Crippen molar-refractivity contribution in [2.24, 2.45) is 11.7 Å². The van der Waals surface area contributed by atoms with Crippen LogP contribution in [0.3, 0.4) is 0 Å². The van der Waals surface area contributed by atoms with Gasteiger partial charge in [-0.2, -0.15) is 5.10 Å². The number of aliphatic hydroxyl groups is 1. The Morgan fingerprint density at radius 2 is 2.11 bits per heavy atom. The first-order valence-electron chi connectivity index (χ1n) is 9.65. The molecule has 2 aromatic heterocycles. The summed E-state index contributed by atoms with van der Waals surface area (Å²) in [6.07, 6.45) is 5.70. The van der Waals surface area contributed by atoms with Crippen molar-refractivity contribution in [3.8, 4) is 0 Å². The fourth-order valence-corrected chi connectivity index (χ4v) is 4.15. The maximum absolute atomic E-state index is 12.8. The lowest BCUT2D eigenvalue weighted by Crippen LogP contribution is -2.30. The molecule has 0 aromatic carbocycles. The molecule has 2 fully saturated rings. The standard InChI is InChI=1S/C18H27N7O2/c1-11-6-14(21-20-11)7-12-8-24(10-17(12)26)18(27)16-9-25(23-22-16)15-4-2-13(19)3-5-15/h6,9,12-13,15,17,26H,2-5,7-8,10,19H2,1H3,(H,20,21)/t12-,13?,15?,17+/m1/s1. The zero-order valence-electron chi connectivity index (χ0n) is 15.6. The van der Waals surface area contributed by atoms with Crippen molar-refractivity contribution in [3.63, 3.8) is 0 Å². The Morgan fingerprint density at radius 1 is 1.33 bits per heavy atom. The molecule has 2 aliphatic rings. The van der Waals surface area contributed by atoms with Crippen molar-refractivity contribution in [2.45, 2.75) is 57.2 Å². The highest BCUT2D eigenvalue weighted by atomic mass is 16.3. The molecule has 27 heavy (non-hydrogen) atoms. The molecule has 0 spiro atoms. The van der Waals surface area contributed by atoms with Crippen LogP contribution in [-0.4, -0.2) is 66.3 Å². The number of H-pyrrole nitrogens is 1. The van der Waals surface area contributed by atoms with Crippen molar-refractivity contribution in [3.05, 3.63) is 29.3 Å². The van der Waals surface area contributed by atoms with Crippen LogP contribution in [0.5, 0.6) is 0 Å². The number of aromatic amines is 1. The van der Waals surface area contributed by atoms with Gasteiger partial charge in [0, 0.05) is 30.7 Å². The van der Waals surface area contributed by atoms with Crippen molar-refractivity contribution in [2.75, 3.05) is 13.1 Å². The van der Waals surface area contributed by atoms with Gasteiger partial charge in [0.2, 0.25) is 0 Å². The van der Waals surface area contributed by atoms with E-state index in [4.69, 9.17) is 5.73 Å². The molecule has 2 atom stereocenters. The largest absolute Gasteiger partial charge is 0.391 e. The third-order valence-electron chi connectivity index (χ3n) is 5.77. The van der Waals surface area contributed by atoms with E-state index in [2.05, 4.69) is 20.5 Å². The van der Waals surface area contributed by atoms with Gasteiger partial charge in [-0.3, -0.25) is 9.89 Å². The number of hydrogen-bond acceptors (Lipinski definition) is 6. The topological polar surface area (TPSA) is 126 Å². The highest BCUT2D eigenvalue weighted by Crippen LogP contribution is 2.27. The summed E-state index contributed by atoms with van der Waals surface area (Å²) in [5, 5.41) is 25.8. The molecule has 146 valence electrons. The van der Waals surface area contributed by atoms with Crippen molar-refractivity contribution >= 4 is 5.91 Å². The second-order valence-electron chi connectivity index (χ2n) is 7.94. The molecule has 1 saturated heterocycles. The number of aliphatic hydroxyl groups excluding tert-OH is 1. The molecule has 0 unspecified atom stereocenters. The third-order valence-corrected chi connectivity index (χ3v) is 5.77. The fourth-order valence-electron chi connectivity index (χ4n) is 4.15. The Morgan fingerprint density at radius 3 is 2.81 bits per heavy atom. The first kappa shape index (κ1) is 18.1. The smallest absolute Gasteiger partial charge is 0.276 e. The Labute approximate surface area is 157 Å². The summed E-state index contributed by atoms with van der Waals surface area (Å²) < 4.78 is 1.80. The number of nitrogens with zero attached hydrogens (tertiary/aromatic N) is 5. The van der Waals surface area contributed by atoms with Crippen LogP contribution in [0, 0.1) is 12.8 Å². The number of carbonyl (C=O) groups is 1. The van der Waals surface area contributed by atoms with Crippen LogP contribution >= 0.6 is 0 Å². The highest BCUT2D eigenvalue weighted by molar-refractivity contribution is 5.92. The molecule has 1 amide bonds. The molecule has 4 N–H and O–H groups in total. The van der Waals surface area contributed by atoms with Crippen molar-refractivity contribution in [1.29, 1.82) is 0 Å². The lowest BCUT2D eigenvalue weighted by Gasteiger charge is -2.25. The number of aryl methyl sites for hydroxylation is 1. The number of rotatable bonds is 4. The summed E-state index contributed by atoms with van der Waals surface area (Å²) in [5.74, 6) is -0.194. The minimum atomic E-state index is -0.555. The maximum atomic E-state index is 12.8. The average Bonchev–Trinajstić information content (AvgIpc) is 3.37. The lowest BCUT2D eigenvalue weighted by atomic mass is 9.92. The zero-order valence-corrected chi connectivity index (χ0v) is 15.6. The predicted molar refractivity (Wildman–Crippen MR) is 97.9 cm³/mol. The summed E-state index contributed by atoms with van der Waals surface area (Å²) in [6.45, 7) is 2.76. The fraction of sp³-hybridized carbons (Fsp3) is 0.667. The van der Waals surface area contributed by atoms with Crippen LogP contribution in [0.2, 0.25) is 0 Å². The molecular formula is C18H27N7O2. The molecular weight excluding hydrogens is 346 g/mol. The van der Waals surface area contributed by atoms with E-state index >= 15 is 0 Å². The van der Waals surface area contributed by atoms with E-state index in [0.717, 1.165) is 37.1 Å². The number of hydrogen-bond donors (Lipinski definition) is 3. The van der Waals surface area contributed by atoms with Gasteiger partial charge >= 0.3 is 0 Å². The number of aromatic nitrogens is 5. The molecule has 4 rings (SSSR count). The first-order valence-corrected chi connectivity index (χ1v) is 9.65. The van der Waals surface area contributed by atoms with E-state index in [9.17, 15) is 9.90 Å². The molecule has 9 heteroatoms. The Balaban J connectivity index is 1.38. The van der Waals surface area contributed by atoms with Crippen LogP contribution in [0.25, 0.3) is 0 Å². The third kappa shape index (κ3) is 3.89. The molecule has 0 radical (unpaired) electrons. The van der Waals surface area contributed by atoms with Gasteiger partial charge in [0.25, 0.3) is 5.91 Å². The summed E-state index contributed by atoms with van der Waals surface area (Å²) in [5.41, 5.74) is 8.20. The van der Waals surface area contributed by atoms with Crippen molar-refractivity contribution in [1.82, 2.24) is 30.1 Å². The molecule has 1 aliphatic heterocycles. The Hall–Kier alpha value is -2.26. The van der Waals surface area contributed by atoms with E-state index in [-0.39, 0.29) is 23.9 Å². The van der Waals surface area contributed by atoms with Gasteiger partial charge in [-0.1, -0.05) is 5.21 Å². The summed E-state index contributed by atoms with van der Waals surface area (Å²) >= 11 is 0. The number of nitrogens with one attached hydrogen (secondary N) is 1. The van der Waals surface area contributed by atoms with E-state index < -0.39 is 6.10 Å². The van der Waals surface area contributed by atoms with Crippen LogP contribution in [0.1, 0.15) is 53.6 Å². The van der Waals surface area contributed by atoms with Gasteiger partial charge in [-0.05, 0) is 45.1 Å². The molecule has 1 aliphatic carbocycles. The predicted octanol–water partition coefficient (Wildman–Crippen LogP) is 0.428. The molecule has 2 aromatic rings. The maximum Gasteiger partial charge on any atom is 0.276 e. The quantitative estimate of drug-likeness (QED) is 0.713. The summed E-state index contributed by atoms with van der Waals surface area (Å²) in [6, 6.07) is 2.50. The van der Waals surface area contributed by atoms with Gasteiger partial charge in [0.05, 0.1) is 24.0 Å². The molecule has 3 heterocycles. The Bertz CT molecular complexity index is 793. The SMILES string of the molecule is Cc1cc(C[C@@H]2CN(C(=O)c3cn(C4CCC(N)CC4)nn3)C[C@@H]2O)n[nH]1. The highest BCUT2D eigenvalue weighted by Gasteiger charge is 2.36. The van der Waals surface area contributed by atoms with Gasteiger partial charge < -0.3 is 15.7 Å². The number of carbonyl (C=O) groups excluding carboxylic acids is 1. The Kier molecular flexibility index (Phi) is 4.96. The van der Waals surface area contributed by atoms with E-state index in [0.29, 0.717) is 25.2 Å². The first-order chi connectivity index (χ1) is 13.0. The molecule has 0 bridgehead atoms. The number of nitrogens with two attached hydrogens (primary N) is 1. The molecule has 1 saturated carbocycles. The van der Waals surface area contributed by atoms with Crippen LogP contribution in [0.15, 0.2) is 12.3 Å².